The Balaban J connectivity index is 0.000000509. The number of aromatic nitrogens is 2. The van der Waals surface area contributed by atoms with Gasteiger partial charge in [-0.15, -0.1) is 11.3 Å². The van der Waals surface area contributed by atoms with Crippen molar-refractivity contribution < 1.29 is 36.3 Å². The van der Waals surface area contributed by atoms with Crippen molar-refractivity contribution in [2.45, 2.75) is 24.9 Å². The number of nitrogens with one attached hydrogen (secondary N) is 1. The maximum Gasteiger partial charge on any atom is 0.490 e. The van der Waals surface area contributed by atoms with E-state index in [2.05, 4.69) is 10.3 Å². The second-order valence-electron chi connectivity index (χ2n) is 6.99. The van der Waals surface area contributed by atoms with Crippen LogP contribution in [0.1, 0.15) is 21.1 Å². The van der Waals surface area contributed by atoms with Gasteiger partial charge in [0.1, 0.15) is 9.77 Å². The highest BCUT2D eigenvalue weighted by Crippen LogP contribution is 2.25. The predicted molar refractivity (Wildman–Crippen MR) is 120 cm³/mol. The zero-order valence-electron chi connectivity index (χ0n) is 18.4. The number of aliphatic carboxylic acids is 1. The number of imidazole rings is 1. The molecule has 0 atom stereocenters. The maximum atomic E-state index is 12.6. The lowest BCUT2D eigenvalue weighted by molar-refractivity contribution is -0.192. The molecule has 1 amide bonds. The molecule has 2 aromatic heterocycles. The largest absolute Gasteiger partial charge is 0.490 e. The highest BCUT2D eigenvalue weighted by Gasteiger charge is 2.38. The first-order valence-corrected chi connectivity index (χ1v) is 11.7. The van der Waals surface area contributed by atoms with E-state index in [9.17, 15) is 26.4 Å². The monoisotopic (exact) mass is 518 g/mol. The topological polar surface area (TPSA) is 122 Å². The molecule has 0 saturated carbocycles. The Morgan fingerprint density at radius 2 is 1.68 bits per heavy atom. The third-order valence-electron chi connectivity index (χ3n) is 4.49. The van der Waals surface area contributed by atoms with Gasteiger partial charge in [0.2, 0.25) is 10.0 Å². The van der Waals surface area contributed by atoms with Crippen molar-refractivity contribution >= 4 is 38.9 Å². The van der Waals surface area contributed by atoms with Gasteiger partial charge in [0, 0.05) is 31.2 Å². The van der Waals surface area contributed by atoms with E-state index >= 15 is 0 Å². The van der Waals surface area contributed by atoms with E-state index < -0.39 is 28.1 Å². The Morgan fingerprint density at radius 3 is 2.12 bits per heavy atom. The summed E-state index contributed by atoms with van der Waals surface area (Å²) in [4.78, 5) is 25.9. The molecule has 3 aromatic rings. The fourth-order valence-corrected chi connectivity index (χ4v) is 4.70. The fraction of sp³-hybridized carbons (Fsp3) is 0.250. The number of carboxylic acids is 1. The van der Waals surface area contributed by atoms with Crippen molar-refractivity contribution in [2.75, 3.05) is 19.4 Å². The van der Waals surface area contributed by atoms with Crippen molar-refractivity contribution in [1.82, 2.24) is 13.9 Å². The number of nitrogens with zero attached hydrogens (tertiary/aromatic N) is 3. The third kappa shape index (κ3) is 6.21. The number of alkyl halides is 3. The van der Waals surface area contributed by atoms with Crippen LogP contribution in [0.2, 0.25) is 0 Å². The Hall–Kier alpha value is -3.23. The molecule has 0 spiro atoms. The van der Waals surface area contributed by atoms with Gasteiger partial charge in [-0.2, -0.15) is 13.2 Å². The molecule has 0 unspecified atom stereocenters. The molecule has 0 aliphatic carbocycles. The van der Waals surface area contributed by atoms with E-state index in [0.29, 0.717) is 5.69 Å². The number of hydrogen-bond acceptors (Lipinski definition) is 6. The van der Waals surface area contributed by atoms with Crippen molar-refractivity contribution in [1.29, 1.82) is 0 Å². The average molecular weight is 519 g/mol. The van der Waals surface area contributed by atoms with Crippen LogP contribution >= 0.6 is 11.3 Å². The van der Waals surface area contributed by atoms with E-state index in [-0.39, 0.29) is 9.77 Å². The molecule has 3 rings (SSSR count). The van der Waals surface area contributed by atoms with Crippen LogP contribution in [-0.2, 0) is 14.8 Å². The van der Waals surface area contributed by atoms with Crippen LogP contribution in [0.5, 0.6) is 0 Å². The number of anilines is 1. The second-order valence-corrected chi connectivity index (χ2v) is 10.0. The smallest absolute Gasteiger partial charge is 0.475 e. The van der Waals surface area contributed by atoms with E-state index in [1.165, 1.54) is 20.2 Å². The van der Waals surface area contributed by atoms with Crippen molar-refractivity contribution in [3.63, 3.8) is 0 Å². The first-order valence-electron chi connectivity index (χ1n) is 9.38. The number of amides is 1. The molecule has 34 heavy (non-hydrogen) atoms. The van der Waals surface area contributed by atoms with Crippen LogP contribution in [0.15, 0.2) is 46.9 Å². The lowest BCUT2D eigenvalue weighted by Crippen LogP contribution is -2.24. The normalized spacial score (nSPS) is 11.6. The minimum atomic E-state index is -5.08. The summed E-state index contributed by atoms with van der Waals surface area (Å²) >= 11 is 1.10. The number of carbonyl (C=O) groups excluding carboxylic acids is 1. The molecular formula is C20H21F3N4O5S2. The van der Waals surface area contributed by atoms with Crippen molar-refractivity contribution in [3.8, 4) is 5.69 Å². The quantitative estimate of drug-likeness (QED) is 0.531. The van der Waals surface area contributed by atoms with Crippen LogP contribution in [0.4, 0.5) is 18.9 Å². The summed E-state index contributed by atoms with van der Waals surface area (Å²) in [7, 11) is -0.799. The molecule has 0 aliphatic heterocycles. The number of carbonyl (C=O) groups is 2. The molecule has 14 heteroatoms. The first-order chi connectivity index (χ1) is 15.7. The van der Waals surface area contributed by atoms with E-state index in [4.69, 9.17) is 9.90 Å². The van der Waals surface area contributed by atoms with E-state index in [1.54, 1.807) is 23.8 Å². The van der Waals surface area contributed by atoms with Crippen LogP contribution < -0.4 is 5.32 Å². The molecule has 2 heterocycles. The van der Waals surface area contributed by atoms with E-state index in [0.717, 1.165) is 32.7 Å². The zero-order chi connectivity index (χ0) is 25.8. The number of thiophene rings is 1. The van der Waals surface area contributed by atoms with Gasteiger partial charge in [-0.05, 0) is 49.6 Å². The number of carboxylic acid groups (broad SMARTS) is 1. The van der Waals surface area contributed by atoms with Gasteiger partial charge in [-0.1, -0.05) is 0 Å². The van der Waals surface area contributed by atoms with Crippen LogP contribution in [0.3, 0.4) is 0 Å². The van der Waals surface area contributed by atoms with Crippen LogP contribution in [0.25, 0.3) is 5.69 Å². The second kappa shape index (κ2) is 10.4. The molecule has 0 aliphatic rings. The van der Waals surface area contributed by atoms with Crippen LogP contribution in [0, 0.1) is 13.8 Å². The number of benzene rings is 1. The summed E-state index contributed by atoms with van der Waals surface area (Å²) in [6, 6.07) is 8.74. The molecule has 0 fully saturated rings. The van der Waals surface area contributed by atoms with Gasteiger partial charge < -0.3 is 15.0 Å². The summed E-state index contributed by atoms with van der Waals surface area (Å²) in [6.07, 6.45) is -3.33. The number of sulfonamides is 1. The summed E-state index contributed by atoms with van der Waals surface area (Å²) in [5.41, 5.74) is 3.52. The molecule has 184 valence electrons. The van der Waals surface area contributed by atoms with Gasteiger partial charge in [-0.25, -0.2) is 22.5 Å². The Morgan fingerprint density at radius 1 is 1.12 bits per heavy atom. The van der Waals surface area contributed by atoms with Gasteiger partial charge >= 0.3 is 12.1 Å². The highest BCUT2D eigenvalue weighted by atomic mass is 32.2. The number of aryl methyl sites for hydroxylation is 1. The first kappa shape index (κ1) is 27.0. The molecule has 9 nitrogen and oxygen atoms in total. The molecular weight excluding hydrogens is 497 g/mol. The Labute approximate surface area is 197 Å². The third-order valence-corrected chi connectivity index (χ3v) is 7.39. The molecule has 0 radical (unpaired) electrons. The Bertz CT molecular complexity index is 1280. The lowest BCUT2D eigenvalue weighted by atomic mass is 10.2. The van der Waals surface area contributed by atoms with Gasteiger partial charge in [0.25, 0.3) is 5.91 Å². The minimum absolute atomic E-state index is 0.0103. The summed E-state index contributed by atoms with van der Waals surface area (Å²) in [6.45, 7) is 3.93. The molecule has 1 aromatic carbocycles. The maximum absolute atomic E-state index is 12.6. The highest BCUT2D eigenvalue weighted by molar-refractivity contribution is 7.89. The average Bonchev–Trinajstić information content (AvgIpc) is 3.36. The van der Waals surface area contributed by atoms with E-state index in [1.807, 2.05) is 30.5 Å². The standard InChI is InChI=1S/C18H20N4O3S2.C2HF3O2/c1-12-13(2)22(11-19-12)15-7-5-14(6-8-15)20-18(23)17-16(9-10-26-17)27(24,25)21(3)4;3-2(4,5)1(6)7/h5-11H,1-4H3,(H,20,23);(H,6,7). The van der Waals surface area contributed by atoms with Crippen molar-refractivity contribution in [2.24, 2.45) is 0 Å². The number of halogens is 3. The zero-order valence-corrected chi connectivity index (χ0v) is 20.0. The van der Waals surface area contributed by atoms with Gasteiger partial charge in [-0.3, -0.25) is 4.79 Å². The fourth-order valence-electron chi connectivity index (χ4n) is 2.52. The lowest BCUT2D eigenvalue weighted by Gasteiger charge is -2.12. The predicted octanol–water partition coefficient (Wildman–Crippen LogP) is 3.69. The van der Waals surface area contributed by atoms with Gasteiger partial charge in [0.05, 0.1) is 12.0 Å². The number of hydrogen-bond donors (Lipinski definition) is 2. The number of rotatable bonds is 5. The summed E-state index contributed by atoms with van der Waals surface area (Å²) in [5, 5.41) is 11.5. The molecule has 2 N–H and O–H groups in total. The summed E-state index contributed by atoms with van der Waals surface area (Å²) < 4.78 is 59.5. The van der Waals surface area contributed by atoms with Crippen LogP contribution in [-0.4, -0.2) is 59.5 Å². The van der Waals surface area contributed by atoms with Crippen molar-refractivity contribution in [3.05, 3.63) is 58.3 Å². The Kier molecular flexibility index (Phi) is 8.23. The molecule has 0 bridgehead atoms. The summed E-state index contributed by atoms with van der Waals surface area (Å²) in [5.74, 6) is -3.21. The molecule has 0 saturated heterocycles. The minimum Gasteiger partial charge on any atom is -0.475 e. The van der Waals surface area contributed by atoms with Gasteiger partial charge in [0.15, 0.2) is 0 Å². The SMILES string of the molecule is Cc1ncn(-c2ccc(NC(=O)c3sccc3S(=O)(=O)N(C)C)cc2)c1C.O=C(O)C(F)(F)F.